The summed E-state index contributed by atoms with van der Waals surface area (Å²) in [6.45, 7) is 3.50. The lowest BCUT2D eigenvalue weighted by Gasteiger charge is -2.17. The summed E-state index contributed by atoms with van der Waals surface area (Å²) in [4.78, 5) is 31.6. The fourth-order valence-electron chi connectivity index (χ4n) is 5.06. The second-order valence-electron chi connectivity index (χ2n) is 10.0. The number of halogens is 4. The number of nitrogens with zero attached hydrogens (tertiary/aromatic N) is 3. The molecule has 1 saturated carbocycles. The van der Waals surface area contributed by atoms with E-state index < -0.39 is 34.8 Å². The van der Waals surface area contributed by atoms with Gasteiger partial charge in [-0.05, 0) is 79.6 Å². The third-order valence-corrected chi connectivity index (χ3v) is 7.53. The van der Waals surface area contributed by atoms with Crippen molar-refractivity contribution in [3.05, 3.63) is 116 Å². The molecule has 1 aliphatic rings. The van der Waals surface area contributed by atoms with Gasteiger partial charge in [0.2, 0.25) is 0 Å². The van der Waals surface area contributed by atoms with Crippen molar-refractivity contribution in [1.82, 2.24) is 14.5 Å². The average Bonchev–Trinajstić information content (AvgIpc) is 3.67. The van der Waals surface area contributed by atoms with Crippen LogP contribution in [0.4, 0.5) is 13.2 Å². The minimum atomic E-state index is -0.712. The summed E-state index contributed by atoms with van der Waals surface area (Å²) >= 11 is 6.57. The lowest BCUT2D eigenvalue weighted by atomic mass is 10.0. The van der Waals surface area contributed by atoms with Gasteiger partial charge in [0.25, 0.3) is 11.5 Å². The van der Waals surface area contributed by atoms with Gasteiger partial charge in [0.1, 0.15) is 22.5 Å². The molecule has 4 aromatic rings. The molecule has 2 atom stereocenters. The molecule has 0 N–H and O–H groups in total. The van der Waals surface area contributed by atoms with Crippen LogP contribution in [0.25, 0.3) is 16.9 Å². The molecule has 1 fully saturated rings. The second-order valence-corrected chi connectivity index (χ2v) is 10.4. The van der Waals surface area contributed by atoms with E-state index in [2.05, 4.69) is 4.98 Å². The Morgan fingerprint density at radius 1 is 1.03 bits per heavy atom. The average molecular weight is 552 g/mol. The van der Waals surface area contributed by atoms with Gasteiger partial charge >= 0.3 is 0 Å². The Balaban J connectivity index is 1.56. The summed E-state index contributed by atoms with van der Waals surface area (Å²) in [5.41, 5.74) is 1.96. The highest BCUT2D eigenvalue weighted by molar-refractivity contribution is 6.31. The van der Waals surface area contributed by atoms with Crippen molar-refractivity contribution in [2.24, 2.45) is 0 Å². The lowest BCUT2D eigenvalue weighted by Crippen LogP contribution is -2.23. The van der Waals surface area contributed by atoms with Crippen molar-refractivity contribution in [3.63, 3.8) is 0 Å². The molecule has 5 nitrogen and oxygen atoms in total. The summed E-state index contributed by atoms with van der Waals surface area (Å²) in [6.07, 6.45) is 2.00. The van der Waals surface area contributed by atoms with E-state index in [1.165, 1.54) is 60.1 Å². The standard InChI is InChI=1S/C30H25ClF3N3O2/c1-15-14-35-24(17-7-5-8-18(28(17)34)29(38)36(3)4)13-25(15)37-16(2)11-21(27(31)30(37)39)19-12-20(19)26-22(32)9-6-10-23(26)33/h5-11,13-14,19-20H,12H2,1-4H3/t19-,20-/m0/s1. The zero-order chi connectivity index (χ0) is 28.2. The fourth-order valence-corrected chi connectivity index (χ4v) is 5.34. The molecule has 0 spiro atoms. The van der Waals surface area contributed by atoms with E-state index in [0.29, 0.717) is 28.9 Å². The van der Waals surface area contributed by atoms with Crippen molar-refractivity contribution >= 4 is 17.5 Å². The number of benzene rings is 2. The van der Waals surface area contributed by atoms with Crippen LogP contribution >= 0.6 is 11.6 Å². The van der Waals surface area contributed by atoms with Crippen molar-refractivity contribution in [2.75, 3.05) is 14.1 Å². The third-order valence-electron chi connectivity index (χ3n) is 7.15. The Hall–Kier alpha value is -3.91. The molecule has 9 heteroatoms. The summed E-state index contributed by atoms with van der Waals surface area (Å²) in [6, 6.07) is 11.6. The molecule has 0 saturated heterocycles. The van der Waals surface area contributed by atoms with Crippen LogP contribution in [-0.4, -0.2) is 34.5 Å². The SMILES string of the molecule is Cc1cnc(-c2cccc(C(=O)N(C)C)c2F)cc1-n1c(C)cc([C@H]2C[C@@H]2c2c(F)cccc2F)c(Cl)c1=O. The Morgan fingerprint density at radius 3 is 2.36 bits per heavy atom. The normalized spacial score (nSPS) is 16.3. The van der Waals surface area contributed by atoms with E-state index in [1.807, 2.05) is 0 Å². The first-order chi connectivity index (χ1) is 18.5. The monoisotopic (exact) mass is 551 g/mol. The van der Waals surface area contributed by atoms with Crippen LogP contribution < -0.4 is 5.56 Å². The number of hydrogen-bond donors (Lipinski definition) is 0. The first kappa shape index (κ1) is 26.7. The molecule has 0 aliphatic heterocycles. The Bertz CT molecular complexity index is 1680. The van der Waals surface area contributed by atoms with Crippen LogP contribution in [0.5, 0.6) is 0 Å². The zero-order valence-electron chi connectivity index (χ0n) is 21.7. The molecular formula is C30H25ClF3N3O2. The van der Waals surface area contributed by atoms with Gasteiger partial charge < -0.3 is 4.90 Å². The number of rotatable bonds is 5. The summed E-state index contributed by atoms with van der Waals surface area (Å²) in [5.74, 6) is -3.13. The number of carbonyl (C=O) groups is 1. The van der Waals surface area contributed by atoms with E-state index in [9.17, 15) is 18.4 Å². The maximum atomic E-state index is 15.4. The number of aryl methyl sites for hydroxylation is 2. The number of hydrogen-bond acceptors (Lipinski definition) is 3. The van der Waals surface area contributed by atoms with Crippen molar-refractivity contribution in [3.8, 4) is 16.9 Å². The van der Waals surface area contributed by atoms with Gasteiger partial charge in [0.05, 0.1) is 16.9 Å². The predicted molar refractivity (Wildman–Crippen MR) is 144 cm³/mol. The number of pyridine rings is 2. The predicted octanol–water partition coefficient (Wildman–Crippen LogP) is 6.56. The van der Waals surface area contributed by atoms with Crippen molar-refractivity contribution < 1.29 is 18.0 Å². The van der Waals surface area contributed by atoms with E-state index in [1.54, 1.807) is 32.0 Å². The number of aromatic nitrogens is 2. The van der Waals surface area contributed by atoms with Crippen LogP contribution in [0, 0.1) is 31.3 Å². The van der Waals surface area contributed by atoms with E-state index in [0.717, 1.165) is 0 Å². The maximum absolute atomic E-state index is 15.4. The van der Waals surface area contributed by atoms with Crippen LogP contribution in [0.2, 0.25) is 5.02 Å². The highest BCUT2D eigenvalue weighted by atomic mass is 35.5. The molecule has 200 valence electrons. The molecule has 2 aromatic heterocycles. The van der Waals surface area contributed by atoms with Gasteiger partial charge in [-0.1, -0.05) is 23.7 Å². The fraction of sp³-hybridized carbons (Fsp3) is 0.233. The van der Waals surface area contributed by atoms with Gasteiger partial charge in [-0.15, -0.1) is 0 Å². The number of carbonyl (C=O) groups excluding carboxylic acids is 1. The lowest BCUT2D eigenvalue weighted by molar-refractivity contribution is 0.0823. The molecule has 2 heterocycles. The van der Waals surface area contributed by atoms with Gasteiger partial charge in [-0.3, -0.25) is 19.1 Å². The molecule has 0 radical (unpaired) electrons. The second kappa shape index (κ2) is 10.0. The highest BCUT2D eigenvalue weighted by Crippen LogP contribution is 2.57. The van der Waals surface area contributed by atoms with Crippen LogP contribution in [-0.2, 0) is 0 Å². The molecule has 2 aromatic carbocycles. The topological polar surface area (TPSA) is 55.2 Å². The molecule has 0 unspecified atom stereocenters. The Kier molecular flexibility index (Phi) is 6.84. The molecule has 39 heavy (non-hydrogen) atoms. The zero-order valence-corrected chi connectivity index (χ0v) is 22.5. The van der Waals surface area contributed by atoms with Crippen LogP contribution in [0.3, 0.4) is 0 Å². The Morgan fingerprint density at radius 2 is 1.69 bits per heavy atom. The minimum Gasteiger partial charge on any atom is -0.345 e. The van der Waals surface area contributed by atoms with Crippen molar-refractivity contribution in [1.29, 1.82) is 0 Å². The quantitative estimate of drug-likeness (QED) is 0.282. The first-order valence-electron chi connectivity index (χ1n) is 12.3. The van der Waals surface area contributed by atoms with E-state index >= 15 is 4.39 Å². The summed E-state index contributed by atoms with van der Waals surface area (Å²) in [5, 5.41) is -0.0348. The molecule has 1 amide bonds. The molecule has 1 aliphatic carbocycles. The molecular weight excluding hydrogens is 527 g/mol. The molecule has 0 bridgehead atoms. The molecule has 5 rings (SSSR count). The largest absolute Gasteiger partial charge is 0.345 e. The van der Waals surface area contributed by atoms with Gasteiger partial charge in [0.15, 0.2) is 0 Å². The maximum Gasteiger partial charge on any atom is 0.274 e. The Labute approximate surface area is 228 Å². The van der Waals surface area contributed by atoms with E-state index in [4.69, 9.17) is 11.6 Å². The smallest absolute Gasteiger partial charge is 0.274 e. The van der Waals surface area contributed by atoms with Crippen molar-refractivity contribution in [2.45, 2.75) is 32.1 Å². The van der Waals surface area contributed by atoms with Crippen LogP contribution in [0.15, 0.2) is 59.5 Å². The van der Waals surface area contributed by atoms with Gasteiger partial charge in [-0.2, -0.15) is 0 Å². The van der Waals surface area contributed by atoms with Crippen LogP contribution in [0.1, 0.15) is 51.0 Å². The highest BCUT2D eigenvalue weighted by Gasteiger charge is 2.44. The van der Waals surface area contributed by atoms with Gasteiger partial charge in [-0.25, -0.2) is 13.2 Å². The number of amides is 1. The van der Waals surface area contributed by atoms with E-state index in [-0.39, 0.29) is 33.3 Å². The minimum absolute atomic E-state index is 0.00650. The van der Waals surface area contributed by atoms with Gasteiger partial charge in [0, 0.05) is 37.1 Å². The summed E-state index contributed by atoms with van der Waals surface area (Å²) in [7, 11) is 3.08. The first-order valence-corrected chi connectivity index (χ1v) is 12.7. The third kappa shape index (κ3) is 4.63. The summed E-state index contributed by atoms with van der Waals surface area (Å²) < 4.78 is 45.5.